The van der Waals surface area contributed by atoms with Gasteiger partial charge in [0, 0.05) is 18.2 Å². The molecule has 1 aliphatic heterocycles. The van der Waals surface area contributed by atoms with E-state index in [4.69, 9.17) is 4.74 Å². The molecule has 23 heavy (non-hydrogen) atoms. The summed E-state index contributed by atoms with van der Waals surface area (Å²) in [4.78, 5) is 12.7. The van der Waals surface area contributed by atoms with Crippen LogP contribution in [0.2, 0.25) is 0 Å². The van der Waals surface area contributed by atoms with Crippen LogP contribution in [0.5, 0.6) is 5.75 Å². The van der Waals surface area contributed by atoms with E-state index in [-0.39, 0.29) is 18.0 Å². The molecule has 1 saturated heterocycles. The molecule has 3 rings (SSSR count). The fraction of sp³-hybridized carbons (Fsp3) is 0.438. The van der Waals surface area contributed by atoms with Gasteiger partial charge < -0.3 is 15.4 Å². The van der Waals surface area contributed by atoms with Gasteiger partial charge in [0.25, 0.3) is 5.91 Å². The summed E-state index contributed by atoms with van der Waals surface area (Å²) in [7, 11) is 1.54. The van der Waals surface area contributed by atoms with Crippen molar-refractivity contribution in [3.8, 4) is 5.75 Å². The quantitative estimate of drug-likeness (QED) is 0.701. The number of aromatic amines is 1. The predicted molar refractivity (Wildman–Crippen MR) is 87.5 cm³/mol. The number of hydrogen-bond acceptors (Lipinski definition) is 5. The Hall–Kier alpha value is -2.41. The maximum absolute atomic E-state index is 12.7. The smallest absolute Gasteiger partial charge is 0.255 e. The number of ether oxygens (including phenoxy) is 1. The first-order valence-electron chi connectivity index (χ1n) is 7.77. The van der Waals surface area contributed by atoms with Crippen molar-refractivity contribution in [2.24, 2.45) is 0 Å². The van der Waals surface area contributed by atoms with E-state index >= 15 is 0 Å². The lowest BCUT2D eigenvalue weighted by Crippen LogP contribution is -2.47. The van der Waals surface area contributed by atoms with Crippen LogP contribution in [-0.4, -0.2) is 47.1 Å². The SMILES string of the molecule is C=CCC(NC(=O)c1cc2[nH]nnc2cc1OC)C1CCCN1. The number of H-pyrrole nitrogens is 1. The van der Waals surface area contributed by atoms with Crippen LogP contribution in [0, 0.1) is 0 Å². The molecule has 0 saturated carbocycles. The standard InChI is InChI=1S/C16H21N5O2/c1-3-5-12(11-6-4-7-17-11)18-16(22)10-8-13-14(20-21-19-13)9-15(10)23-2/h3,8-9,11-12,17H,1,4-7H2,2H3,(H,18,22)(H,19,20,21). The van der Waals surface area contributed by atoms with Gasteiger partial charge in [-0.2, -0.15) is 0 Å². The number of benzene rings is 1. The van der Waals surface area contributed by atoms with Crippen LogP contribution < -0.4 is 15.4 Å². The lowest BCUT2D eigenvalue weighted by molar-refractivity contribution is 0.0926. The molecule has 1 amide bonds. The molecule has 0 spiro atoms. The number of rotatable bonds is 6. The number of nitrogens with zero attached hydrogens (tertiary/aromatic N) is 2. The minimum absolute atomic E-state index is 0.0165. The van der Waals surface area contributed by atoms with Crippen LogP contribution >= 0.6 is 0 Å². The topological polar surface area (TPSA) is 91.9 Å². The molecule has 2 unspecified atom stereocenters. The highest BCUT2D eigenvalue weighted by molar-refractivity contribution is 6.00. The van der Waals surface area contributed by atoms with Crippen LogP contribution in [0.15, 0.2) is 24.8 Å². The Morgan fingerprint density at radius 3 is 3.17 bits per heavy atom. The van der Waals surface area contributed by atoms with Crippen molar-refractivity contribution >= 4 is 16.9 Å². The fourth-order valence-electron chi connectivity index (χ4n) is 3.02. The van der Waals surface area contributed by atoms with E-state index in [9.17, 15) is 4.79 Å². The van der Waals surface area contributed by atoms with Crippen molar-refractivity contribution in [1.29, 1.82) is 0 Å². The van der Waals surface area contributed by atoms with Crippen LogP contribution in [0.4, 0.5) is 0 Å². The summed E-state index contributed by atoms with van der Waals surface area (Å²) in [6, 6.07) is 3.73. The Kier molecular flexibility index (Phi) is 4.57. The van der Waals surface area contributed by atoms with Crippen LogP contribution in [0.1, 0.15) is 29.6 Å². The van der Waals surface area contributed by atoms with Gasteiger partial charge in [0.15, 0.2) is 0 Å². The van der Waals surface area contributed by atoms with Crippen molar-refractivity contribution in [2.45, 2.75) is 31.3 Å². The molecule has 0 radical (unpaired) electrons. The Morgan fingerprint density at radius 2 is 2.48 bits per heavy atom. The molecule has 2 atom stereocenters. The summed E-state index contributed by atoms with van der Waals surface area (Å²) in [5.74, 6) is 0.319. The second-order valence-corrected chi connectivity index (χ2v) is 5.69. The zero-order valence-corrected chi connectivity index (χ0v) is 13.1. The van der Waals surface area contributed by atoms with Gasteiger partial charge in [0.2, 0.25) is 0 Å². The molecule has 2 heterocycles. The van der Waals surface area contributed by atoms with Gasteiger partial charge in [-0.25, -0.2) is 0 Å². The van der Waals surface area contributed by atoms with Crippen LogP contribution in [0.3, 0.4) is 0 Å². The summed E-state index contributed by atoms with van der Waals surface area (Å²) < 4.78 is 5.33. The van der Waals surface area contributed by atoms with E-state index in [2.05, 4.69) is 32.6 Å². The van der Waals surface area contributed by atoms with Crippen molar-refractivity contribution in [1.82, 2.24) is 26.0 Å². The van der Waals surface area contributed by atoms with Gasteiger partial charge >= 0.3 is 0 Å². The number of aromatic nitrogens is 3. The number of fused-ring (bicyclic) bond motifs is 1. The van der Waals surface area contributed by atoms with Crippen molar-refractivity contribution in [2.75, 3.05) is 13.7 Å². The van der Waals surface area contributed by atoms with Gasteiger partial charge in [-0.1, -0.05) is 11.3 Å². The third-order valence-electron chi connectivity index (χ3n) is 4.21. The number of hydrogen-bond donors (Lipinski definition) is 3. The van der Waals surface area contributed by atoms with E-state index in [1.165, 1.54) is 7.11 Å². The van der Waals surface area contributed by atoms with Gasteiger partial charge in [-0.3, -0.25) is 9.89 Å². The molecule has 1 aromatic carbocycles. The Bertz CT molecular complexity index is 706. The second kappa shape index (κ2) is 6.78. The molecule has 0 aliphatic carbocycles. The van der Waals surface area contributed by atoms with Crippen molar-refractivity contribution in [3.05, 3.63) is 30.4 Å². The van der Waals surface area contributed by atoms with Crippen LogP contribution in [0.25, 0.3) is 11.0 Å². The first-order chi connectivity index (χ1) is 11.2. The highest BCUT2D eigenvalue weighted by Crippen LogP contribution is 2.24. The summed E-state index contributed by atoms with van der Waals surface area (Å²) in [5.41, 5.74) is 1.84. The number of carbonyl (C=O) groups is 1. The van der Waals surface area contributed by atoms with Gasteiger partial charge in [-0.05, 0) is 31.9 Å². The number of nitrogens with one attached hydrogen (secondary N) is 3. The van der Waals surface area contributed by atoms with Gasteiger partial charge in [0.05, 0.1) is 18.2 Å². The Morgan fingerprint density at radius 1 is 1.61 bits per heavy atom. The van der Waals surface area contributed by atoms with Gasteiger partial charge in [-0.15, -0.1) is 11.7 Å². The second-order valence-electron chi connectivity index (χ2n) is 5.69. The zero-order chi connectivity index (χ0) is 16.2. The fourth-order valence-corrected chi connectivity index (χ4v) is 3.02. The highest BCUT2D eigenvalue weighted by atomic mass is 16.5. The zero-order valence-electron chi connectivity index (χ0n) is 13.1. The first-order valence-corrected chi connectivity index (χ1v) is 7.77. The largest absolute Gasteiger partial charge is 0.496 e. The van der Waals surface area contributed by atoms with E-state index in [0.717, 1.165) is 25.8 Å². The maximum Gasteiger partial charge on any atom is 0.255 e. The van der Waals surface area contributed by atoms with Crippen molar-refractivity contribution < 1.29 is 9.53 Å². The van der Waals surface area contributed by atoms with Crippen LogP contribution in [-0.2, 0) is 0 Å². The minimum atomic E-state index is -0.168. The van der Waals surface area contributed by atoms with E-state index in [1.807, 2.05) is 6.08 Å². The Labute approximate surface area is 134 Å². The minimum Gasteiger partial charge on any atom is -0.496 e. The first kappa shape index (κ1) is 15.5. The van der Waals surface area contributed by atoms with E-state index < -0.39 is 0 Å². The molecule has 1 fully saturated rings. The molecular weight excluding hydrogens is 294 g/mol. The average Bonchev–Trinajstić information content (AvgIpc) is 3.24. The summed E-state index contributed by atoms with van der Waals surface area (Å²) >= 11 is 0. The van der Waals surface area contributed by atoms with E-state index in [1.54, 1.807) is 12.1 Å². The molecular formula is C16H21N5O2. The molecule has 1 aromatic heterocycles. The highest BCUT2D eigenvalue weighted by Gasteiger charge is 2.26. The normalized spacial score (nSPS) is 18.7. The molecule has 0 bridgehead atoms. The molecule has 3 N–H and O–H groups in total. The number of amides is 1. The third kappa shape index (κ3) is 3.19. The summed E-state index contributed by atoms with van der Waals surface area (Å²) in [5, 5.41) is 17.0. The molecule has 7 nitrogen and oxygen atoms in total. The lowest BCUT2D eigenvalue weighted by Gasteiger charge is -2.24. The monoisotopic (exact) mass is 315 g/mol. The van der Waals surface area contributed by atoms with Gasteiger partial charge in [0.1, 0.15) is 11.3 Å². The lowest BCUT2D eigenvalue weighted by atomic mass is 10.0. The molecule has 7 heteroatoms. The Balaban J connectivity index is 1.84. The molecule has 122 valence electrons. The summed E-state index contributed by atoms with van der Waals surface area (Å²) in [6.07, 6.45) is 4.74. The number of carbonyl (C=O) groups excluding carboxylic acids is 1. The van der Waals surface area contributed by atoms with Crippen molar-refractivity contribution in [3.63, 3.8) is 0 Å². The predicted octanol–water partition coefficient (Wildman–Crippen LogP) is 1.39. The summed E-state index contributed by atoms with van der Waals surface area (Å²) in [6.45, 7) is 4.78. The maximum atomic E-state index is 12.7. The molecule has 1 aliphatic rings. The average molecular weight is 315 g/mol. The third-order valence-corrected chi connectivity index (χ3v) is 4.21. The molecule has 2 aromatic rings. The van der Waals surface area contributed by atoms with E-state index in [0.29, 0.717) is 22.3 Å². The number of methoxy groups -OCH3 is 1.